The second-order valence-electron chi connectivity index (χ2n) is 6.90. The van der Waals surface area contributed by atoms with Gasteiger partial charge in [-0.15, -0.1) is 0 Å². The van der Waals surface area contributed by atoms with Gasteiger partial charge in [-0.2, -0.15) is 5.10 Å². The number of hydrogen-bond donors (Lipinski definition) is 0. The van der Waals surface area contributed by atoms with Gasteiger partial charge in [-0.05, 0) is 43.6 Å². The largest absolute Gasteiger partial charge is 0.302 e. The average molecular weight is 400 g/mol. The Bertz CT molecular complexity index is 938. The predicted molar refractivity (Wildman–Crippen MR) is 116 cm³/mol. The minimum absolute atomic E-state index is 0.0400. The molecule has 6 nitrogen and oxygen atoms in total. The van der Waals surface area contributed by atoms with Gasteiger partial charge in [-0.1, -0.05) is 44.2 Å². The first kappa shape index (κ1) is 20.5. The number of benzene rings is 1. The van der Waals surface area contributed by atoms with Gasteiger partial charge in [-0.25, -0.2) is 4.98 Å². The van der Waals surface area contributed by atoms with Crippen molar-refractivity contribution in [1.82, 2.24) is 19.7 Å². The first-order valence-electron chi connectivity index (χ1n) is 9.91. The topological polar surface area (TPSA) is 54.3 Å². The number of para-hydroxylation sites is 1. The highest BCUT2D eigenvalue weighted by Crippen LogP contribution is 2.32. The van der Waals surface area contributed by atoms with Crippen LogP contribution in [-0.4, -0.2) is 51.8 Å². The highest BCUT2D eigenvalue weighted by Gasteiger charge is 2.26. The Morgan fingerprint density at radius 2 is 1.93 bits per heavy atom. The minimum atomic E-state index is -0.0400. The molecule has 2 heterocycles. The fraction of sp³-hybridized carbons (Fsp3) is 0.476. The number of amides is 1. The van der Waals surface area contributed by atoms with Gasteiger partial charge in [0.2, 0.25) is 0 Å². The molecule has 0 bridgehead atoms. The van der Waals surface area contributed by atoms with Crippen molar-refractivity contribution in [3.8, 4) is 0 Å². The Morgan fingerprint density at radius 3 is 2.54 bits per heavy atom. The lowest BCUT2D eigenvalue weighted by molar-refractivity contribution is 0.0974. The second kappa shape index (κ2) is 8.84. The summed E-state index contributed by atoms with van der Waals surface area (Å²) in [6.07, 6.45) is 2.66. The van der Waals surface area contributed by atoms with Crippen molar-refractivity contribution in [1.29, 1.82) is 0 Å². The highest BCUT2D eigenvalue weighted by molar-refractivity contribution is 7.22. The lowest BCUT2D eigenvalue weighted by atomic mass is 10.1. The number of carbonyl (C=O) groups excluding carboxylic acids is 1. The van der Waals surface area contributed by atoms with Crippen LogP contribution in [0.1, 0.15) is 42.4 Å². The van der Waals surface area contributed by atoms with Gasteiger partial charge >= 0.3 is 0 Å². The summed E-state index contributed by atoms with van der Waals surface area (Å²) in [5, 5.41) is 5.01. The van der Waals surface area contributed by atoms with E-state index in [1.807, 2.05) is 18.9 Å². The molecular weight excluding hydrogens is 370 g/mol. The third-order valence-corrected chi connectivity index (χ3v) is 6.25. The van der Waals surface area contributed by atoms with Crippen LogP contribution in [0.4, 0.5) is 5.13 Å². The van der Waals surface area contributed by atoms with Crippen molar-refractivity contribution in [2.45, 2.75) is 34.1 Å². The summed E-state index contributed by atoms with van der Waals surface area (Å²) in [4.78, 5) is 22.5. The molecule has 0 atom stereocenters. The zero-order valence-electron chi connectivity index (χ0n) is 17.4. The van der Waals surface area contributed by atoms with E-state index in [0.29, 0.717) is 12.2 Å². The Balaban J connectivity index is 2.02. The molecule has 3 aromatic rings. The Hall–Kier alpha value is -2.25. The van der Waals surface area contributed by atoms with Gasteiger partial charge < -0.3 is 4.90 Å². The molecule has 2 aromatic heterocycles. The third kappa shape index (κ3) is 3.95. The lowest BCUT2D eigenvalue weighted by Gasteiger charge is -2.25. The number of anilines is 1. The molecule has 0 radical (unpaired) electrons. The number of thiazole rings is 1. The van der Waals surface area contributed by atoms with Crippen molar-refractivity contribution < 1.29 is 4.79 Å². The quantitative estimate of drug-likeness (QED) is 0.577. The van der Waals surface area contributed by atoms with Gasteiger partial charge in [0.15, 0.2) is 5.13 Å². The van der Waals surface area contributed by atoms with E-state index >= 15 is 0 Å². The summed E-state index contributed by atoms with van der Waals surface area (Å²) >= 11 is 1.58. The fourth-order valence-corrected chi connectivity index (χ4v) is 4.48. The van der Waals surface area contributed by atoms with Gasteiger partial charge in [0.05, 0.1) is 16.4 Å². The molecule has 7 heteroatoms. The van der Waals surface area contributed by atoms with Gasteiger partial charge in [-0.3, -0.25) is 14.4 Å². The van der Waals surface area contributed by atoms with Crippen molar-refractivity contribution >= 4 is 32.6 Å². The van der Waals surface area contributed by atoms with E-state index in [-0.39, 0.29) is 5.91 Å². The maximum absolute atomic E-state index is 13.5. The van der Waals surface area contributed by atoms with Crippen LogP contribution in [-0.2, 0) is 13.5 Å². The summed E-state index contributed by atoms with van der Waals surface area (Å²) in [5.41, 5.74) is 3.73. The van der Waals surface area contributed by atoms with Crippen LogP contribution >= 0.6 is 11.3 Å². The molecule has 1 amide bonds. The molecule has 0 aliphatic carbocycles. The van der Waals surface area contributed by atoms with Crippen LogP contribution < -0.4 is 4.90 Å². The number of likely N-dealkylation sites (N-methyl/N-ethyl adjacent to an activating group) is 1. The van der Waals surface area contributed by atoms with E-state index in [1.165, 1.54) is 5.56 Å². The number of aromatic nitrogens is 3. The number of aryl methyl sites for hydroxylation is 3. The Labute approximate surface area is 170 Å². The zero-order chi connectivity index (χ0) is 20.3. The Morgan fingerprint density at radius 1 is 1.18 bits per heavy atom. The Kier molecular flexibility index (Phi) is 6.46. The number of carbonyl (C=O) groups is 1. The van der Waals surface area contributed by atoms with Crippen LogP contribution in [0.5, 0.6) is 0 Å². The predicted octanol–water partition coefficient (Wildman–Crippen LogP) is 3.89. The molecule has 0 unspecified atom stereocenters. The van der Waals surface area contributed by atoms with Crippen molar-refractivity contribution in [2.75, 3.05) is 31.1 Å². The molecule has 150 valence electrons. The first-order valence-corrected chi connectivity index (χ1v) is 10.7. The van der Waals surface area contributed by atoms with Crippen molar-refractivity contribution in [3.63, 3.8) is 0 Å². The SMILES string of the molecule is CCc1cccc2sc(N(CCN(CC)CC)C(=O)c3c(C)cnn3C)nc12. The molecule has 1 aromatic carbocycles. The molecule has 0 N–H and O–H groups in total. The molecule has 28 heavy (non-hydrogen) atoms. The maximum atomic E-state index is 13.5. The van der Waals surface area contributed by atoms with Crippen LogP contribution in [0.25, 0.3) is 10.2 Å². The minimum Gasteiger partial charge on any atom is -0.302 e. The first-order chi connectivity index (χ1) is 13.5. The molecule has 0 saturated heterocycles. The molecule has 0 aliphatic heterocycles. The number of fused-ring (bicyclic) bond motifs is 1. The van der Waals surface area contributed by atoms with Crippen LogP contribution in [0.2, 0.25) is 0 Å². The molecule has 0 aliphatic rings. The molecule has 0 saturated carbocycles. The van der Waals surface area contributed by atoms with E-state index in [4.69, 9.17) is 4.98 Å². The van der Waals surface area contributed by atoms with Gasteiger partial charge in [0.25, 0.3) is 5.91 Å². The van der Waals surface area contributed by atoms with Crippen LogP contribution in [0, 0.1) is 6.92 Å². The number of rotatable bonds is 8. The summed E-state index contributed by atoms with van der Waals surface area (Å²) in [6.45, 7) is 11.7. The van der Waals surface area contributed by atoms with Gasteiger partial charge in [0.1, 0.15) is 5.69 Å². The van der Waals surface area contributed by atoms with Crippen molar-refractivity contribution in [2.24, 2.45) is 7.05 Å². The second-order valence-corrected chi connectivity index (χ2v) is 7.91. The van der Waals surface area contributed by atoms with Gasteiger partial charge in [0, 0.05) is 20.1 Å². The summed E-state index contributed by atoms with van der Waals surface area (Å²) in [7, 11) is 1.82. The zero-order valence-corrected chi connectivity index (χ0v) is 18.2. The van der Waals surface area contributed by atoms with E-state index in [2.05, 4.69) is 49.0 Å². The maximum Gasteiger partial charge on any atom is 0.278 e. The molecular formula is C21H29N5OS. The van der Waals surface area contributed by atoms with Crippen LogP contribution in [0.15, 0.2) is 24.4 Å². The van der Waals surface area contributed by atoms with E-state index in [0.717, 1.165) is 47.0 Å². The number of nitrogens with zero attached hydrogens (tertiary/aromatic N) is 5. The molecule has 0 spiro atoms. The summed E-state index contributed by atoms with van der Waals surface area (Å²) in [5.74, 6) is -0.0400. The van der Waals surface area contributed by atoms with E-state index < -0.39 is 0 Å². The highest BCUT2D eigenvalue weighted by atomic mass is 32.1. The van der Waals surface area contributed by atoms with E-state index in [9.17, 15) is 4.79 Å². The van der Waals surface area contributed by atoms with Crippen molar-refractivity contribution in [3.05, 3.63) is 41.2 Å². The van der Waals surface area contributed by atoms with E-state index in [1.54, 1.807) is 22.2 Å². The standard InChI is InChI=1S/C21H29N5OS/c1-6-16-10-9-11-17-18(16)23-21(28-17)26(13-12-25(7-2)8-3)20(27)19-15(4)14-22-24(19)5/h9-11,14H,6-8,12-13H2,1-5H3. The average Bonchev–Trinajstić information content (AvgIpc) is 3.27. The molecule has 3 rings (SSSR count). The molecule has 0 fully saturated rings. The summed E-state index contributed by atoms with van der Waals surface area (Å²) in [6, 6.07) is 6.26. The third-order valence-electron chi connectivity index (χ3n) is 5.21. The fourth-order valence-electron chi connectivity index (χ4n) is 3.44. The van der Waals surface area contributed by atoms with Crippen LogP contribution in [0.3, 0.4) is 0 Å². The number of hydrogen-bond acceptors (Lipinski definition) is 5. The lowest BCUT2D eigenvalue weighted by Crippen LogP contribution is -2.39. The monoisotopic (exact) mass is 399 g/mol. The summed E-state index contributed by atoms with van der Waals surface area (Å²) < 4.78 is 2.78. The normalized spacial score (nSPS) is 11.5. The smallest absolute Gasteiger partial charge is 0.278 e.